The van der Waals surface area contributed by atoms with Gasteiger partial charge in [-0.15, -0.1) is 0 Å². The number of nitrogens with zero attached hydrogens (tertiary/aromatic N) is 3. The fraction of sp³-hybridized carbons (Fsp3) is 0.500. The summed E-state index contributed by atoms with van der Waals surface area (Å²) in [5, 5.41) is 3.15. The van der Waals surface area contributed by atoms with Gasteiger partial charge >= 0.3 is 0 Å². The van der Waals surface area contributed by atoms with Crippen molar-refractivity contribution in [1.29, 1.82) is 0 Å². The minimum atomic E-state index is 0.0408. The average molecular weight is 393 g/mol. The predicted octanol–water partition coefficient (Wildman–Crippen LogP) is 2.70. The molecule has 1 amide bonds. The standard InChI is InChI=1S/C24H32N4O/c1-27(13-11-22-9-5-6-12-25-22)17-21-18-28-14-10-20(21)15-23(28)16-26-24(29)19-7-3-2-4-8-19/h2-9,12,20-21,23H,10-11,13-18H2,1H3,(H,26,29). The number of rotatable bonds is 8. The van der Waals surface area contributed by atoms with E-state index in [0.717, 1.165) is 50.0 Å². The zero-order valence-electron chi connectivity index (χ0n) is 17.3. The maximum Gasteiger partial charge on any atom is 0.251 e. The van der Waals surface area contributed by atoms with Crippen LogP contribution in [0, 0.1) is 11.8 Å². The molecule has 4 atom stereocenters. The number of carbonyl (C=O) groups excluding carboxylic acids is 1. The first-order valence-electron chi connectivity index (χ1n) is 10.8. The monoisotopic (exact) mass is 392 g/mol. The molecule has 3 aliphatic rings. The summed E-state index contributed by atoms with van der Waals surface area (Å²) in [6.07, 6.45) is 5.38. The van der Waals surface area contributed by atoms with Crippen molar-refractivity contribution in [1.82, 2.24) is 20.1 Å². The van der Waals surface area contributed by atoms with Crippen LogP contribution < -0.4 is 5.32 Å². The summed E-state index contributed by atoms with van der Waals surface area (Å²) in [6, 6.07) is 16.1. The smallest absolute Gasteiger partial charge is 0.251 e. The third-order valence-electron chi connectivity index (χ3n) is 6.57. The van der Waals surface area contributed by atoms with Crippen LogP contribution >= 0.6 is 0 Å². The van der Waals surface area contributed by atoms with Crippen LogP contribution in [0.2, 0.25) is 0 Å². The molecule has 3 saturated heterocycles. The number of pyridine rings is 1. The number of likely N-dealkylation sites (N-methyl/N-ethyl adjacent to an activating group) is 1. The maximum absolute atomic E-state index is 12.4. The van der Waals surface area contributed by atoms with E-state index in [9.17, 15) is 4.79 Å². The predicted molar refractivity (Wildman–Crippen MR) is 116 cm³/mol. The quantitative estimate of drug-likeness (QED) is 0.750. The van der Waals surface area contributed by atoms with Gasteiger partial charge in [-0.3, -0.25) is 14.7 Å². The van der Waals surface area contributed by atoms with E-state index < -0.39 is 0 Å². The second-order valence-electron chi connectivity index (χ2n) is 8.60. The average Bonchev–Trinajstić information content (AvgIpc) is 2.78. The maximum atomic E-state index is 12.4. The molecule has 5 rings (SSSR count). The van der Waals surface area contributed by atoms with Gasteiger partial charge in [0.15, 0.2) is 0 Å². The molecule has 5 heteroatoms. The van der Waals surface area contributed by atoms with Crippen molar-refractivity contribution in [2.45, 2.75) is 25.3 Å². The lowest BCUT2D eigenvalue weighted by molar-refractivity contribution is -0.00870. The van der Waals surface area contributed by atoms with Crippen molar-refractivity contribution in [2.75, 3.05) is 39.8 Å². The molecule has 3 fully saturated rings. The van der Waals surface area contributed by atoms with Crippen LogP contribution in [0.25, 0.3) is 0 Å². The number of piperidine rings is 3. The highest BCUT2D eigenvalue weighted by molar-refractivity contribution is 5.94. The van der Waals surface area contributed by atoms with Crippen LogP contribution in [0.1, 0.15) is 28.9 Å². The van der Waals surface area contributed by atoms with Gasteiger partial charge in [0.25, 0.3) is 5.91 Å². The highest BCUT2D eigenvalue weighted by Gasteiger charge is 2.40. The summed E-state index contributed by atoms with van der Waals surface area (Å²) in [5.41, 5.74) is 1.92. The molecule has 3 aliphatic heterocycles. The van der Waals surface area contributed by atoms with Crippen LogP contribution in [0.15, 0.2) is 54.7 Å². The molecule has 0 spiro atoms. The molecule has 1 aromatic carbocycles. The van der Waals surface area contributed by atoms with Crippen LogP contribution in [-0.4, -0.2) is 66.5 Å². The number of nitrogens with one attached hydrogen (secondary N) is 1. The lowest BCUT2D eigenvalue weighted by atomic mass is 9.75. The van der Waals surface area contributed by atoms with Crippen molar-refractivity contribution in [3.8, 4) is 0 Å². The minimum absolute atomic E-state index is 0.0408. The Morgan fingerprint density at radius 3 is 2.76 bits per heavy atom. The highest BCUT2D eigenvalue weighted by atomic mass is 16.1. The van der Waals surface area contributed by atoms with Crippen LogP contribution in [-0.2, 0) is 6.42 Å². The lowest BCUT2D eigenvalue weighted by Crippen LogP contribution is -2.58. The molecule has 0 aliphatic carbocycles. The zero-order valence-corrected chi connectivity index (χ0v) is 17.3. The molecule has 4 unspecified atom stereocenters. The Hall–Kier alpha value is -2.24. The van der Waals surface area contributed by atoms with Gasteiger partial charge in [-0.05, 0) is 62.5 Å². The number of hydrogen-bond donors (Lipinski definition) is 1. The Labute approximate surface area is 174 Å². The number of hydrogen-bond acceptors (Lipinski definition) is 4. The van der Waals surface area contributed by atoms with E-state index in [1.54, 1.807) is 0 Å². The third-order valence-corrected chi connectivity index (χ3v) is 6.57. The SMILES string of the molecule is CN(CCc1ccccn1)CC1CN2CCC1CC2CNC(=O)c1ccccc1. The molecule has 2 bridgehead atoms. The van der Waals surface area contributed by atoms with Crippen LogP contribution in [0.4, 0.5) is 0 Å². The summed E-state index contributed by atoms with van der Waals surface area (Å²) in [4.78, 5) is 21.8. The fourth-order valence-corrected chi connectivity index (χ4v) is 4.91. The van der Waals surface area contributed by atoms with E-state index in [-0.39, 0.29) is 5.91 Å². The molecular weight excluding hydrogens is 360 g/mol. The van der Waals surface area contributed by atoms with Gasteiger partial charge in [0.1, 0.15) is 0 Å². The summed E-state index contributed by atoms with van der Waals surface area (Å²) >= 11 is 0. The first-order chi connectivity index (χ1) is 14.2. The summed E-state index contributed by atoms with van der Waals surface area (Å²) < 4.78 is 0. The van der Waals surface area contributed by atoms with E-state index in [4.69, 9.17) is 0 Å². The fourth-order valence-electron chi connectivity index (χ4n) is 4.91. The van der Waals surface area contributed by atoms with E-state index in [0.29, 0.717) is 6.04 Å². The molecule has 29 heavy (non-hydrogen) atoms. The van der Waals surface area contributed by atoms with Crippen molar-refractivity contribution < 1.29 is 4.79 Å². The van der Waals surface area contributed by atoms with Crippen molar-refractivity contribution in [3.05, 3.63) is 66.0 Å². The Kier molecular flexibility index (Phi) is 6.57. The third kappa shape index (κ3) is 5.22. The number of aromatic nitrogens is 1. The highest BCUT2D eigenvalue weighted by Crippen LogP contribution is 2.36. The van der Waals surface area contributed by atoms with Crippen LogP contribution in [0.5, 0.6) is 0 Å². The van der Waals surface area contributed by atoms with Gasteiger partial charge in [0, 0.05) is 56.1 Å². The van der Waals surface area contributed by atoms with Gasteiger partial charge in [-0.1, -0.05) is 24.3 Å². The topological polar surface area (TPSA) is 48.5 Å². The number of amides is 1. The molecule has 2 aromatic rings. The molecule has 5 nitrogen and oxygen atoms in total. The van der Waals surface area contributed by atoms with E-state index in [1.807, 2.05) is 42.6 Å². The lowest BCUT2D eigenvalue weighted by Gasteiger charge is -2.50. The second kappa shape index (κ2) is 9.51. The molecule has 1 N–H and O–H groups in total. The molecule has 1 aromatic heterocycles. The summed E-state index contributed by atoms with van der Waals surface area (Å²) in [7, 11) is 2.23. The van der Waals surface area contributed by atoms with E-state index in [2.05, 4.69) is 39.3 Å². The largest absolute Gasteiger partial charge is 0.350 e. The molecule has 0 saturated carbocycles. The van der Waals surface area contributed by atoms with Gasteiger partial charge in [0.05, 0.1) is 0 Å². The van der Waals surface area contributed by atoms with Crippen molar-refractivity contribution in [2.24, 2.45) is 11.8 Å². The number of benzene rings is 1. The first kappa shape index (κ1) is 20.0. The Morgan fingerprint density at radius 1 is 1.21 bits per heavy atom. The van der Waals surface area contributed by atoms with Crippen LogP contribution in [0.3, 0.4) is 0 Å². The van der Waals surface area contributed by atoms with E-state index in [1.165, 1.54) is 25.1 Å². The van der Waals surface area contributed by atoms with E-state index >= 15 is 0 Å². The molecule has 154 valence electrons. The van der Waals surface area contributed by atoms with Gasteiger partial charge in [-0.2, -0.15) is 0 Å². The normalized spacial score (nSPS) is 25.9. The van der Waals surface area contributed by atoms with Gasteiger partial charge < -0.3 is 10.2 Å². The van der Waals surface area contributed by atoms with Gasteiger partial charge in [-0.25, -0.2) is 0 Å². The molecule has 4 heterocycles. The molecular formula is C24H32N4O. The Bertz CT molecular complexity index is 782. The van der Waals surface area contributed by atoms with Gasteiger partial charge in [0.2, 0.25) is 0 Å². The first-order valence-corrected chi connectivity index (χ1v) is 10.8. The van der Waals surface area contributed by atoms with Crippen molar-refractivity contribution >= 4 is 5.91 Å². The second-order valence-corrected chi connectivity index (χ2v) is 8.60. The number of carbonyl (C=O) groups is 1. The Balaban J connectivity index is 1.23. The minimum Gasteiger partial charge on any atom is -0.350 e. The zero-order chi connectivity index (χ0) is 20.1. The Morgan fingerprint density at radius 2 is 2.03 bits per heavy atom. The summed E-state index contributed by atoms with van der Waals surface area (Å²) in [5.74, 6) is 1.55. The summed E-state index contributed by atoms with van der Waals surface area (Å²) in [6.45, 7) is 5.29. The van der Waals surface area contributed by atoms with Crippen molar-refractivity contribution in [3.63, 3.8) is 0 Å². The molecule has 0 radical (unpaired) electrons. The number of fused-ring (bicyclic) bond motifs is 3.